The van der Waals surface area contributed by atoms with Crippen LogP contribution in [0.1, 0.15) is 45.2 Å². The summed E-state index contributed by atoms with van der Waals surface area (Å²) >= 11 is 5.94. The molecule has 1 aromatic carbocycles. The van der Waals surface area contributed by atoms with Crippen molar-refractivity contribution in [3.8, 4) is 0 Å². The predicted molar refractivity (Wildman–Crippen MR) is 87.3 cm³/mol. The lowest BCUT2D eigenvalue weighted by atomic mass is 10.0. The Hall–Kier alpha value is -0.570. The van der Waals surface area contributed by atoms with Crippen LogP contribution in [0, 0.1) is 5.92 Å². The molecule has 1 heterocycles. The van der Waals surface area contributed by atoms with Gasteiger partial charge in [0.1, 0.15) is 0 Å². The summed E-state index contributed by atoms with van der Waals surface area (Å²) < 4.78 is 0. The van der Waals surface area contributed by atoms with E-state index >= 15 is 0 Å². The Morgan fingerprint density at radius 1 is 1.15 bits per heavy atom. The van der Waals surface area contributed by atoms with Gasteiger partial charge in [-0.1, -0.05) is 37.6 Å². The maximum atomic E-state index is 5.94. The van der Waals surface area contributed by atoms with Crippen LogP contribution < -0.4 is 5.32 Å². The highest BCUT2D eigenvalue weighted by atomic mass is 35.5. The lowest BCUT2D eigenvalue weighted by Gasteiger charge is -2.34. The van der Waals surface area contributed by atoms with Gasteiger partial charge in [-0.25, -0.2) is 0 Å². The van der Waals surface area contributed by atoms with E-state index < -0.39 is 0 Å². The highest BCUT2D eigenvalue weighted by Gasteiger charge is 2.21. The van der Waals surface area contributed by atoms with E-state index in [1.165, 1.54) is 38.0 Å². The lowest BCUT2D eigenvalue weighted by molar-refractivity contribution is 0.175. The molecular weight excluding hydrogens is 268 g/mol. The third kappa shape index (κ3) is 4.76. The molecule has 1 fully saturated rings. The van der Waals surface area contributed by atoms with E-state index in [2.05, 4.69) is 43.1 Å². The highest BCUT2D eigenvalue weighted by molar-refractivity contribution is 6.30. The first-order valence-electron chi connectivity index (χ1n) is 7.78. The zero-order chi connectivity index (χ0) is 14.5. The molecule has 1 aliphatic rings. The molecule has 0 saturated carbocycles. The zero-order valence-corrected chi connectivity index (χ0v) is 13.7. The molecule has 0 radical (unpaired) electrons. The van der Waals surface area contributed by atoms with E-state index in [1.807, 2.05) is 12.1 Å². The average molecular weight is 295 g/mol. The van der Waals surface area contributed by atoms with E-state index in [0.29, 0.717) is 12.1 Å². The summed E-state index contributed by atoms with van der Waals surface area (Å²) in [6.45, 7) is 10.5. The van der Waals surface area contributed by atoms with Crippen LogP contribution in [0.2, 0.25) is 5.02 Å². The Morgan fingerprint density at radius 3 is 2.30 bits per heavy atom. The van der Waals surface area contributed by atoms with Crippen LogP contribution in [0.25, 0.3) is 0 Å². The van der Waals surface area contributed by atoms with Gasteiger partial charge in [0.2, 0.25) is 0 Å². The molecule has 0 amide bonds. The molecule has 20 heavy (non-hydrogen) atoms. The van der Waals surface area contributed by atoms with Crippen LogP contribution in [-0.4, -0.2) is 30.6 Å². The molecule has 0 aromatic heterocycles. The normalized spacial score (nSPS) is 19.4. The van der Waals surface area contributed by atoms with Crippen LogP contribution in [0.15, 0.2) is 24.3 Å². The summed E-state index contributed by atoms with van der Waals surface area (Å²) in [4.78, 5) is 2.59. The number of piperidine rings is 1. The minimum atomic E-state index is 0.397. The molecule has 2 nitrogen and oxygen atoms in total. The topological polar surface area (TPSA) is 15.3 Å². The third-order valence-corrected chi connectivity index (χ3v) is 4.32. The molecule has 1 aliphatic heterocycles. The fourth-order valence-corrected chi connectivity index (χ4v) is 3.13. The minimum absolute atomic E-state index is 0.397. The number of halogens is 1. The SMILES string of the molecule is CC(C)CN1CCC(N[C@@H](C)c2ccc(Cl)cc2)CC1. The molecule has 0 unspecified atom stereocenters. The van der Waals surface area contributed by atoms with Crippen molar-refractivity contribution in [2.75, 3.05) is 19.6 Å². The lowest BCUT2D eigenvalue weighted by Crippen LogP contribution is -2.44. The van der Waals surface area contributed by atoms with E-state index in [4.69, 9.17) is 11.6 Å². The van der Waals surface area contributed by atoms with Crippen molar-refractivity contribution in [3.05, 3.63) is 34.9 Å². The number of rotatable bonds is 5. The summed E-state index contributed by atoms with van der Waals surface area (Å²) in [5.41, 5.74) is 1.32. The van der Waals surface area contributed by atoms with Gasteiger partial charge in [0, 0.05) is 23.7 Å². The van der Waals surface area contributed by atoms with E-state index in [0.717, 1.165) is 10.9 Å². The van der Waals surface area contributed by atoms with Crippen molar-refractivity contribution < 1.29 is 0 Å². The Balaban J connectivity index is 1.79. The van der Waals surface area contributed by atoms with Gasteiger partial charge in [0.25, 0.3) is 0 Å². The largest absolute Gasteiger partial charge is 0.307 e. The monoisotopic (exact) mass is 294 g/mol. The average Bonchev–Trinajstić information content (AvgIpc) is 2.41. The van der Waals surface area contributed by atoms with Gasteiger partial charge in [-0.2, -0.15) is 0 Å². The summed E-state index contributed by atoms with van der Waals surface area (Å²) in [5.74, 6) is 0.771. The van der Waals surface area contributed by atoms with Crippen molar-refractivity contribution in [2.45, 2.75) is 45.7 Å². The second kappa shape index (κ2) is 7.44. The van der Waals surface area contributed by atoms with E-state index in [-0.39, 0.29) is 0 Å². The Bertz CT molecular complexity index is 394. The van der Waals surface area contributed by atoms with Gasteiger partial charge in [0.15, 0.2) is 0 Å². The summed E-state index contributed by atoms with van der Waals surface area (Å²) in [5, 5.41) is 4.57. The highest BCUT2D eigenvalue weighted by Crippen LogP contribution is 2.19. The van der Waals surface area contributed by atoms with Crippen molar-refractivity contribution in [1.29, 1.82) is 0 Å². The van der Waals surface area contributed by atoms with Gasteiger partial charge in [-0.05, 0) is 56.5 Å². The fourth-order valence-electron chi connectivity index (χ4n) is 3.00. The first-order chi connectivity index (χ1) is 9.54. The number of hydrogen-bond donors (Lipinski definition) is 1. The van der Waals surface area contributed by atoms with Crippen molar-refractivity contribution in [3.63, 3.8) is 0 Å². The first-order valence-corrected chi connectivity index (χ1v) is 8.16. The Morgan fingerprint density at radius 2 is 1.75 bits per heavy atom. The smallest absolute Gasteiger partial charge is 0.0406 e. The van der Waals surface area contributed by atoms with Crippen LogP contribution in [0.5, 0.6) is 0 Å². The number of benzene rings is 1. The Kier molecular flexibility index (Phi) is 5.88. The van der Waals surface area contributed by atoms with Crippen molar-refractivity contribution >= 4 is 11.6 Å². The first kappa shape index (κ1) is 15.8. The molecular formula is C17H27ClN2. The van der Waals surface area contributed by atoms with Crippen molar-refractivity contribution in [2.24, 2.45) is 5.92 Å². The summed E-state index contributed by atoms with van der Waals surface area (Å²) in [6, 6.07) is 9.22. The van der Waals surface area contributed by atoms with Crippen LogP contribution in [0.3, 0.4) is 0 Å². The molecule has 0 spiro atoms. The zero-order valence-electron chi connectivity index (χ0n) is 12.9. The van der Waals surface area contributed by atoms with Gasteiger partial charge in [-0.15, -0.1) is 0 Å². The number of nitrogens with one attached hydrogen (secondary N) is 1. The maximum Gasteiger partial charge on any atom is 0.0406 e. The van der Waals surface area contributed by atoms with Gasteiger partial charge in [-0.3, -0.25) is 0 Å². The number of hydrogen-bond acceptors (Lipinski definition) is 2. The van der Waals surface area contributed by atoms with Crippen LogP contribution >= 0.6 is 11.6 Å². The molecule has 1 aromatic rings. The second-order valence-electron chi connectivity index (χ2n) is 6.41. The summed E-state index contributed by atoms with van der Waals surface area (Å²) in [7, 11) is 0. The molecule has 112 valence electrons. The summed E-state index contributed by atoms with van der Waals surface area (Å²) in [6.07, 6.45) is 2.51. The molecule has 1 atom stereocenters. The quantitative estimate of drug-likeness (QED) is 0.879. The van der Waals surface area contributed by atoms with Crippen molar-refractivity contribution in [1.82, 2.24) is 10.2 Å². The molecule has 0 aliphatic carbocycles. The molecule has 1 saturated heterocycles. The van der Waals surface area contributed by atoms with E-state index in [9.17, 15) is 0 Å². The Labute approximate surface area is 128 Å². The van der Waals surface area contributed by atoms with E-state index in [1.54, 1.807) is 0 Å². The standard InChI is InChI=1S/C17H27ClN2/c1-13(2)12-20-10-8-17(9-11-20)19-14(3)15-4-6-16(18)7-5-15/h4-7,13-14,17,19H,8-12H2,1-3H3/t14-/m0/s1. The number of likely N-dealkylation sites (tertiary alicyclic amines) is 1. The second-order valence-corrected chi connectivity index (χ2v) is 6.85. The molecule has 0 bridgehead atoms. The maximum absolute atomic E-state index is 5.94. The fraction of sp³-hybridized carbons (Fsp3) is 0.647. The van der Waals surface area contributed by atoms with Gasteiger partial charge in [0.05, 0.1) is 0 Å². The number of nitrogens with zero attached hydrogens (tertiary/aromatic N) is 1. The minimum Gasteiger partial charge on any atom is -0.307 e. The predicted octanol–water partition coefficient (Wildman–Crippen LogP) is 4.11. The molecule has 2 rings (SSSR count). The van der Waals surface area contributed by atoms with Gasteiger partial charge >= 0.3 is 0 Å². The molecule has 1 N–H and O–H groups in total. The van der Waals surface area contributed by atoms with Crippen LogP contribution in [-0.2, 0) is 0 Å². The third-order valence-electron chi connectivity index (χ3n) is 4.07. The van der Waals surface area contributed by atoms with Gasteiger partial charge < -0.3 is 10.2 Å². The van der Waals surface area contributed by atoms with Crippen LogP contribution in [0.4, 0.5) is 0 Å². The molecule has 3 heteroatoms.